The number of rotatable bonds is 6. The fraction of sp³-hybridized carbons (Fsp3) is 0.294. The van der Waals surface area contributed by atoms with E-state index in [0.717, 1.165) is 10.9 Å². The number of fused-ring (bicyclic) bond motifs is 1. The van der Waals surface area contributed by atoms with Gasteiger partial charge in [0.05, 0.1) is 23.7 Å². The minimum Gasteiger partial charge on any atom is -0.493 e. The van der Waals surface area contributed by atoms with Crippen molar-refractivity contribution in [2.45, 2.75) is 18.7 Å². The summed E-state index contributed by atoms with van der Waals surface area (Å²) in [6.45, 7) is 4.20. The Morgan fingerprint density at radius 2 is 2.08 bits per heavy atom. The second kappa shape index (κ2) is 6.72. The highest BCUT2D eigenvalue weighted by Crippen LogP contribution is 2.31. The molecule has 7 nitrogen and oxygen atoms in total. The van der Waals surface area contributed by atoms with Crippen LogP contribution in [-0.4, -0.2) is 37.3 Å². The van der Waals surface area contributed by atoms with E-state index < -0.39 is 10.0 Å². The van der Waals surface area contributed by atoms with E-state index in [2.05, 4.69) is 15.2 Å². The first-order chi connectivity index (χ1) is 11.9. The monoisotopic (exact) mass is 360 g/mol. The molecule has 3 rings (SSSR count). The lowest BCUT2D eigenvalue weighted by molar-refractivity contribution is 0.413. The predicted molar refractivity (Wildman–Crippen MR) is 96.3 cm³/mol. The molecule has 0 aliphatic heterocycles. The second-order valence-corrected chi connectivity index (χ2v) is 7.94. The van der Waals surface area contributed by atoms with Crippen LogP contribution in [0.2, 0.25) is 0 Å². The average molecular weight is 360 g/mol. The lowest BCUT2D eigenvalue weighted by Crippen LogP contribution is -2.35. The van der Waals surface area contributed by atoms with Gasteiger partial charge in [0, 0.05) is 18.1 Å². The molecule has 0 unspecified atom stereocenters. The Morgan fingerprint density at radius 1 is 1.28 bits per heavy atom. The van der Waals surface area contributed by atoms with Gasteiger partial charge >= 0.3 is 0 Å². The van der Waals surface area contributed by atoms with E-state index >= 15 is 0 Å². The number of nitrogens with one attached hydrogen (secondary N) is 1. The van der Waals surface area contributed by atoms with Crippen molar-refractivity contribution in [1.29, 1.82) is 0 Å². The number of pyridine rings is 1. The molecular weight excluding hydrogens is 340 g/mol. The third-order valence-corrected chi connectivity index (χ3v) is 5.49. The minimum absolute atomic E-state index is 0.110. The van der Waals surface area contributed by atoms with Crippen molar-refractivity contribution in [3.05, 3.63) is 42.7 Å². The van der Waals surface area contributed by atoms with Crippen molar-refractivity contribution in [2.75, 3.05) is 18.0 Å². The number of hydrogen-bond acceptors (Lipinski definition) is 5. The van der Waals surface area contributed by atoms with Crippen LogP contribution in [0.4, 0.5) is 5.82 Å². The van der Waals surface area contributed by atoms with Crippen molar-refractivity contribution >= 4 is 26.7 Å². The van der Waals surface area contributed by atoms with Gasteiger partial charge in [-0.25, -0.2) is 17.7 Å². The molecule has 0 fully saturated rings. The minimum atomic E-state index is -3.80. The highest BCUT2D eigenvalue weighted by molar-refractivity contribution is 7.92. The summed E-state index contributed by atoms with van der Waals surface area (Å²) >= 11 is 0. The number of aromatic amines is 1. The van der Waals surface area contributed by atoms with Gasteiger partial charge in [0.2, 0.25) is 0 Å². The van der Waals surface area contributed by atoms with Crippen molar-refractivity contribution in [1.82, 2.24) is 15.2 Å². The quantitative estimate of drug-likeness (QED) is 0.730. The molecule has 0 spiro atoms. The van der Waals surface area contributed by atoms with Crippen LogP contribution in [0.25, 0.3) is 10.9 Å². The molecular formula is C17H20N4O3S. The van der Waals surface area contributed by atoms with Crippen LogP contribution >= 0.6 is 0 Å². The van der Waals surface area contributed by atoms with Crippen LogP contribution in [0.15, 0.2) is 47.6 Å². The van der Waals surface area contributed by atoms with E-state index in [-0.39, 0.29) is 16.6 Å². The second-order valence-electron chi connectivity index (χ2n) is 6.08. The molecule has 132 valence electrons. The largest absolute Gasteiger partial charge is 0.493 e. The zero-order valence-corrected chi connectivity index (χ0v) is 15.1. The Kier molecular flexibility index (Phi) is 4.63. The normalized spacial score (nSPS) is 11.8. The molecule has 1 aromatic carbocycles. The molecule has 0 radical (unpaired) electrons. The smallest absolute Gasteiger partial charge is 0.265 e. The van der Waals surface area contributed by atoms with Crippen LogP contribution in [0.3, 0.4) is 0 Å². The highest BCUT2D eigenvalue weighted by atomic mass is 32.2. The molecule has 2 heterocycles. The maximum Gasteiger partial charge on any atom is 0.265 e. The van der Waals surface area contributed by atoms with Crippen molar-refractivity contribution in [2.24, 2.45) is 5.92 Å². The first-order valence-electron chi connectivity index (χ1n) is 7.88. The Labute approximate surface area is 146 Å². The summed E-state index contributed by atoms with van der Waals surface area (Å²) in [5.74, 6) is 0.807. The van der Waals surface area contributed by atoms with Gasteiger partial charge < -0.3 is 4.74 Å². The molecule has 1 N–H and O–H groups in total. The number of H-pyrrole nitrogens is 1. The number of anilines is 1. The predicted octanol–water partition coefficient (Wildman–Crippen LogP) is 2.82. The molecule has 0 aliphatic carbocycles. The lowest BCUT2D eigenvalue weighted by atomic mass is 10.2. The van der Waals surface area contributed by atoms with Crippen LogP contribution < -0.4 is 9.04 Å². The first kappa shape index (κ1) is 17.2. The zero-order chi connectivity index (χ0) is 18.0. The van der Waals surface area contributed by atoms with Gasteiger partial charge in [-0.2, -0.15) is 5.10 Å². The van der Waals surface area contributed by atoms with E-state index in [1.165, 1.54) is 11.4 Å². The zero-order valence-electron chi connectivity index (χ0n) is 14.3. The van der Waals surface area contributed by atoms with E-state index in [0.29, 0.717) is 12.3 Å². The molecule has 0 saturated carbocycles. The number of hydrogen-bond donors (Lipinski definition) is 1. The van der Waals surface area contributed by atoms with Gasteiger partial charge in [-0.3, -0.25) is 5.10 Å². The summed E-state index contributed by atoms with van der Waals surface area (Å²) in [6, 6.07) is 8.29. The molecule has 25 heavy (non-hydrogen) atoms. The van der Waals surface area contributed by atoms with Gasteiger partial charge in [0.25, 0.3) is 10.0 Å². The average Bonchev–Trinajstić information content (AvgIpc) is 3.07. The molecule has 8 heteroatoms. The Morgan fingerprint density at radius 3 is 2.80 bits per heavy atom. The first-order valence-corrected chi connectivity index (χ1v) is 9.32. The van der Waals surface area contributed by atoms with E-state index in [1.807, 2.05) is 13.8 Å². The SMILES string of the molecule is COc1cccnc1N(CC(C)C)S(=O)(=O)c1ccc2[nH]ncc2c1. The van der Waals surface area contributed by atoms with Crippen molar-refractivity contribution in [3.63, 3.8) is 0 Å². The van der Waals surface area contributed by atoms with Crippen LogP contribution in [-0.2, 0) is 10.0 Å². The number of sulfonamides is 1. The third kappa shape index (κ3) is 3.30. The number of ether oxygens (including phenoxy) is 1. The standard InChI is InChI=1S/C17H20N4O3S/c1-12(2)11-21(17-16(24-3)5-4-8-18-17)25(22,23)14-6-7-15-13(9-14)10-19-20-15/h4-10,12H,11H2,1-3H3,(H,19,20). The van der Waals surface area contributed by atoms with Gasteiger partial charge in [0.15, 0.2) is 11.6 Å². The van der Waals surface area contributed by atoms with Crippen LogP contribution in [0.5, 0.6) is 5.75 Å². The molecule has 0 atom stereocenters. The van der Waals surface area contributed by atoms with Gasteiger partial charge in [-0.1, -0.05) is 13.8 Å². The van der Waals surface area contributed by atoms with E-state index in [9.17, 15) is 8.42 Å². The summed E-state index contributed by atoms with van der Waals surface area (Å²) in [7, 11) is -2.30. The van der Waals surface area contributed by atoms with Crippen molar-refractivity contribution < 1.29 is 13.2 Å². The summed E-state index contributed by atoms with van der Waals surface area (Å²) in [5, 5.41) is 7.49. The molecule has 0 bridgehead atoms. The Bertz CT molecular complexity index is 982. The van der Waals surface area contributed by atoms with Crippen LogP contribution in [0.1, 0.15) is 13.8 Å². The summed E-state index contributed by atoms with van der Waals surface area (Å²) < 4.78 is 33.2. The molecule has 0 amide bonds. The maximum atomic E-state index is 13.3. The molecule has 2 aromatic heterocycles. The molecule has 0 aliphatic rings. The number of nitrogens with zero attached hydrogens (tertiary/aromatic N) is 3. The van der Waals surface area contributed by atoms with Crippen molar-refractivity contribution in [3.8, 4) is 5.75 Å². The topological polar surface area (TPSA) is 88.2 Å². The van der Waals surface area contributed by atoms with E-state index in [4.69, 9.17) is 4.74 Å². The van der Waals surface area contributed by atoms with Gasteiger partial charge in [-0.05, 0) is 36.2 Å². The van der Waals surface area contributed by atoms with Crippen LogP contribution in [0, 0.1) is 5.92 Å². The van der Waals surface area contributed by atoms with E-state index in [1.54, 1.807) is 42.7 Å². The highest BCUT2D eigenvalue weighted by Gasteiger charge is 2.29. The summed E-state index contributed by atoms with van der Waals surface area (Å²) in [4.78, 5) is 4.44. The Balaban J connectivity index is 2.13. The fourth-order valence-corrected chi connectivity index (χ4v) is 4.20. The summed E-state index contributed by atoms with van der Waals surface area (Å²) in [6.07, 6.45) is 3.16. The number of methoxy groups -OCH3 is 1. The third-order valence-electron chi connectivity index (χ3n) is 3.74. The van der Waals surface area contributed by atoms with Gasteiger partial charge in [-0.15, -0.1) is 0 Å². The molecule has 0 saturated heterocycles. The number of benzene rings is 1. The maximum absolute atomic E-state index is 13.3. The fourth-order valence-electron chi connectivity index (χ4n) is 2.57. The van der Waals surface area contributed by atoms with Gasteiger partial charge in [0.1, 0.15) is 0 Å². The number of aromatic nitrogens is 3. The molecule has 3 aromatic rings. The lowest BCUT2D eigenvalue weighted by Gasteiger charge is -2.26. The summed E-state index contributed by atoms with van der Waals surface area (Å²) in [5.41, 5.74) is 0.782. The Hall–Kier alpha value is -2.61.